The number of anilines is 2. The number of fused-ring (bicyclic) bond motifs is 1. The molecular formula is C18H18N2O2. The molecule has 1 unspecified atom stereocenters. The highest BCUT2D eigenvalue weighted by atomic mass is 16.2. The second-order valence-electron chi connectivity index (χ2n) is 5.62. The lowest BCUT2D eigenvalue weighted by Crippen LogP contribution is -2.35. The van der Waals surface area contributed by atoms with Crippen molar-refractivity contribution in [2.24, 2.45) is 0 Å². The molecule has 0 saturated carbocycles. The van der Waals surface area contributed by atoms with Crippen LogP contribution in [-0.4, -0.2) is 17.9 Å². The van der Waals surface area contributed by atoms with Crippen molar-refractivity contribution in [2.45, 2.75) is 26.3 Å². The van der Waals surface area contributed by atoms with Crippen LogP contribution in [0.15, 0.2) is 48.5 Å². The smallest absolute Gasteiger partial charge is 0.258 e. The first-order valence-corrected chi connectivity index (χ1v) is 7.35. The highest BCUT2D eigenvalue weighted by Gasteiger charge is 2.31. The first kappa shape index (κ1) is 14.3. The normalized spacial score (nSPS) is 16.3. The van der Waals surface area contributed by atoms with Gasteiger partial charge in [0, 0.05) is 29.9 Å². The monoisotopic (exact) mass is 294 g/mol. The Morgan fingerprint density at radius 1 is 1.14 bits per heavy atom. The number of hydrogen-bond donors (Lipinski definition) is 1. The van der Waals surface area contributed by atoms with Gasteiger partial charge in [0.2, 0.25) is 5.91 Å². The third kappa shape index (κ3) is 2.60. The van der Waals surface area contributed by atoms with Crippen molar-refractivity contribution in [2.75, 3.05) is 10.2 Å². The lowest BCUT2D eigenvalue weighted by atomic mass is 10.1. The van der Waals surface area contributed by atoms with Crippen LogP contribution in [0.3, 0.4) is 0 Å². The van der Waals surface area contributed by atoms with E-state index in [-0.39, 0.29) is 17.9 Å². The Morgan fingerprint density at radius 2 is 1.91 bits per heavy atom. The van der Waals surface area contributed by atoms with E-state index in [1.165, 1.54) is 12.5 Å². The highest BCUT2D eigenvalue weighted by Crippen LogP contribution is 2.33. The molecule has 1 aliphatic rings. The van der Waals surface area contributed by atoms with Gasteiger partial charge < -0.3 is 10.2 Å². The van der Waals surface area contributed by atoms with E-state index in [0.717, 1.165) is 12.1 Å². The zero-order chi connectivity index (χ0) is 15.7. The molecule has 0 aromatic heterocycles. The lowest BCUT2D eigenvalue weighted by Gasteiger charge is -2.23. The summed E-state index contributed by atoms with van der Waals surface area (Å²) in [6.45, 7) is 3.50. The topological polar surface area (TPSA) is 49.4 Å². The van der Waals surface area contributed by atoms with E-state index in [4.69, 9.17) is 0 Å². The van der Waals surface area contributed by atoms with Crippen molar-refractivity contribution in [3.05, 3.63) is 59.7 Å². The van der Waals surface area contributed by atoms with E-state index < -0.39 is 0 Å². The molecule has 2 amide bonds. The fourth-order valence-corrected chi connectivity index (χ4v) is 2.95. The predicted molar refractivity (Wildman–Crippen MR) is 87.2 cm³/mol. The number of carbonyl (C=O) groups is 2. The van der Waals surface area contributed by atoms with Gasteiger partial charge in [-0.1, -0.05) is 24.3 Å². The van der Waals surface area contributed by atoms with E-state index >= 15 is 0 Å². The molecule has 112 valence electrons. The predicted octanol–water partition coefficient (Wildman–Crippen LogP) is 3.24. The maximum Gasteiger partial charge on any atom is 0.258 e. The van der Waals surface area contributed by atoms with Gasteiger partial charge in [-0.3, -0.25) is 9.59 Å². The summed E-state index contributed by atoms with van der Waals surface area (Å²) in [5.74, 6) is -0.186. The number of amides is 2. The number of carbonyl (C=O) groups excluding carboxylic acids is 2. The molecule has 1 N–H and O–H groups in total. The molecular weight excluding hydrogens is 276 g/mol. The summed E-state index contributed by atoms with van der Waals surface area (Å²) in [7, 11) is 0. The van der Waals surface area contributed by atoms with Crippen molar-refractivity contribution in [1.82, 2.24) is 0 Å². The minimum absolute atomic E-state index is 0.0374. The molecule has 0 aliphatic carbocycles. The standard InChI is InChI=1S/C18H18N2O2/c1-12-10-14-6-3-4-9-17(14)20(12)18(22)15-7-5-8-16(11-15)19-13(2)21/h3-9,11-12H,10H2,1-2H3,(H,19,21). The second-order valence-corrected chi connectivity index (χ2v) is 5.62. The molecule has 1 heterocycles. The van der Waals surface area contributed by atoms with E-state index in [2.05, 4.69) is 18.3 Å². The summed E-state index contributed by atoms with van der Waals surface area (Å²) in [6.07, 6.45) is 0.868. The number of nitrogens with zero attached hydrogens (tertiary/aromatic N) is 1. The van der Waals surface area contributed by atoms with Crippen LogP contribution in [-0.2, 0) is 11.2 Å². The number of nitrogens with one attached hydrogen (secondary N) is 1. The molecule has 0 spiro atoms. The largest absolute Gasteiger partial charge is 0.326 e. The van der Waals surface area contributed by atoms with Crippen molar-refractivity contribution in [1.29, 1.82) is 0 Å². The van der Waals surface area contributed by atoms with Crippen LogP contribution in [0.4, 0.5) is 11.4 Å². The van der Waals surface area contributed by atoms with Crippen molar-refractivity contribution >= 4 is 23.2 Å². The van der Waals surface area contributed by atoms with Gasteiger partial charge in [0.1, 0.15) is 0 Å². The van der Waals surface area contributed by atoms with E-state index in [9.17, 15) is 9.59 Å². The summed E-state index contributed by atoms with van der Waals surface area (Å²) in [4.78, 5) is 25.9. The minimum atomic E-state index is -0.149. The van der Waals surface area contributed by atoms with Gasteiger partial charge in [-0.2, -0.15) is 0 Å². The van der Waals surface area contributed by atoms with Crippen LogP contribution in [0.25, 0.3) is 0 Å². The van der Waals surface area contributed by atoms with E-state index in [0.29, 0.717) is 11.3 Å². The van der Waals surface area contributed by atoms with Crippen LogP contribution < -0.4 is 10.2 Å². The molecule has 2 aromatic rings. The Balaban J connectivity index is 1.93. The van der Waals surface area contributed by atoms with Crippen LogP contribution >= 0.6 is 0 Å². The van der Waals surface area contributed by atoms with Crippen LogP contribution in [0.2, 0.25) is 0 Å². The van der Waals surface area contributed by atoms with Gasteiger partial charge >= 0.3 is 0 Å². The van der Waals surface area contributed by atoms with Gasteiger partial charge in [0.15, 0.2) is 0 Å². The molecule has 1 aliphatic heterocycles. The second kappa shape index (κ2) is 5.64. The van der Waals surface area contributed by atoms with Crippen LogP contribution in [0, 0.1) is 0 Å². The summed E-state index contributed by atoms with van der Waals surface area (Å²) in [6, 6.07) is 15.2. The highest BCUT2D eigenvalue weighted by molar-refractivity contribution is 6.08. The summed E-state index contributed by atoms with van der Waals surface area (Å²) in [5.41, 5.74) is 3.39. The maximum atomic E-state index is 12.9. The first-order chi connectivity index (χ1) is 10.6. The molecule has 22 heavy (non-hydrogen) atoms. The zero-order valence-electron chi connectivity index (χ0n) is 12.7. The van der Waals surface area contributed by atoms with Crippen molar-refractivity contribution in [3.63, 3.8) is 0 Å². The van der Waals surface area contributed by atoms with Crippen molar-refractivity contribution < 1.29 is 9.59 Å². The fourth-order valence-electron chi connectivity index (χ4n) is 2.95. The average molecular weight is 294 g/mol. The molecule has 4 heteroatoms. The van der Waals surface area contributed by atoms with Gasteiger partial charge in [-0.25, -0.2) is 0 Å². The molecule has 0 radical (unpaired) electrons. The maximum absolute atomic E-state index is 12.9. The number of benzene rings is 2. The van der Waals surface area contributed by atoms with Gasteiger partial charge in [-0.15, -0.1) is 0 Å². The molecule has 1 atom stereocenters. The quantitative estimate of drug-likeness (QED) is 0.924. The third-order valence-corrected chi connectivity index (χ3v) is 3.86. The summed E-state index contributed by atoms with van der Waals surface area (Å²) < 4.78 is 0. The zero-order valence-corrected chi connectivity index (χ0v) is 12.7. The number of para-hydroxylation sites is 1. The number of rotatable bonds is 2. The minimum Gasteiger partial charge on any atom is -0.326 e. The molecule has 3 rings (SSSR count). The molecule has 2 aromatic carbocycles. The Morgan fingerprint density at radius 3 is 2.68 bits per heavy atom. The van der Waals surface area contributed by atoms with Gasteiger partial charge in [0.05, 0.1) is 0 Å². The van der Waals surface area contributed by atoms with E-state index in [1.54, 1.807) is 24.3 Å². The van der Waals surface area contributed by atoms with Crippen molar-refractivity contribution in [3.8, 4) is 0 Å². The van der Waals surface area contributed by atoms with Gasteiger partial charge in [0.25, 0.3) is 5.91 Å². The summed E-state index contributed by atoms with van der Waals surface area (Å²) in [5, 5.41) is 2.71. The molecule has 0 fully saturated rings. The lowest BCUT2D eigenvalue weighted by molar-refractivity contribution is -0.114. The Bertz CT molecular complexity index is 739. The molecule has 4 nitrogen and oxygen atoms in total. The Labute approximate surface area is 129 Å². The summed E-state index contributed by atoms with van der Waals surface area (Å²) >= 11 is 0. The third-order valence-electron chi connectivity index (χ3n) is 3.86. The van der Waals surface area contributed by atoms with Gasteiger partial charge in [-0.05, 0) is 43.2 Å². The molecule has 0 bridgehead atoms. The Hall–Kier alpha value is -2.62. The first-order valence-electron chi connectivity index (χ1n) is 7.35. The SMILES string of the molecule is CC(=O)Nc1cccc(C(=O)N2c3ccccc3CC2C)c1. The number of hydrogen-bond acceptors (Lipinski definition) is 2. The van der Waals surface area contributed by atoms with E-state index in [1.807, 2.05) is 23.1 Å². The average Bonchev–Trinajstić information content (AvgIpc) is 2.82. The Kier molecular flexibility index (Phi) is 3.67. The van der Waals surface area contributed by atoms with Crippen LogP contribution in [0.1, 0.15) is 29.8 Å². The van der Waals surface area contributed by atoms with Crippen LogP contribution in [0.5, 0.6) is 0 Å². The fraction of sp³-hybridized carbons (Fsp3) is 0.222. The molecule has 0 saturated heterocycles.